The first-order chi connectivity index (χ1) is 13.8. The second-order valence-corrected chi connectivity index (χ2v) is 8.75. The van der Waals surface area contributed by atoms with Crippen LogP contribution in [0.15, 0.2) is 42.6 Å². The van der Waals surface area contributed by atoms with E-state index in [1.807, 2.05) is 35.7 Å². The summed E-state index contributed by atoms with van der Waals surface area (Å²) in [6.45, 7) is 0.719. The summed E-state index contributed by atoms with van der Waals surface area (Å²) in [7, 11) is 1.60. The highest BCUT2D eigenvalue weighted by Gasteiger charge is 2.16. The molecule has 1 fully saturated rings. The molecule has 3 rings (SSSR count). The Morgan fingerprint density at radius 1 is 1.14 bits per heavy atom. The summed E-state index contributed by atoms with van der Waals surface area (Å²) in [5, 5.41) is 2.77. The Morgan fingerprint density at radius 2 is 1.93 bits per heavy atom. The van der Waals surface area contributed by atoms with E-state index in [2.05, 4.69) is 22.4 Å². The van der Waals surface area contributed by atoms with Gasteiger partial charge in [-0.15, -0.1) is 23.5 Å². The average molecular weight is 421 g/mol. The molecular weight excluding hydrogens is 396 g/mol. The number of nitrogens with zero attached hydrogens (tertiary/aromatic N) is 1. The van der Waals surface area contributed by atoms with Crippen molar-refractivity contribution in [1.29, 1.82) is 0 Å². The average Bonchev–Trinajstić information content (AvgIpc) is 2.75. The summed E-state index contributed by atoms with van der Waals surface area (Å²) >= 11 is 3.96. The third-order valence-electron chi connectivity index (χ3n) is 3.92. The van der Waals surface area contributed by atoms with Gasteiger partial charge in [0.15, 0.2) is 6.61 Å². The zero-order valence-electron chi connectivity index (χ0n) is 15.8. The topological polar surface area (TPSA) is 69.7 Å². The lowest BCUT2D eigenvalue weighted by atomic mass is 10.2. The first-order valence-electron chi connectivity index (χ1n) is 9.09. The Labute approximate surface area is 173 Å². The van der Waals surface area contributed by atoms with Gasteiger partial charge in [-0.1, -0.05) is 12.1 Å². The van der Waals surface area contributed by atoms with E-state index >= 15 is 0 Å². The van der Waals surface area contributed by atoms with E-state index in [0.29, 0.717) is 35.1 Å². The molecule has 1 amide bonds. The molecule has 0 atom stereocenters. The number of anilines is 1. The smallest absolute Gasteiger partial charge is 0.262 e. The highest BCUT2D eigenvalue weighted by Crippen LogP contribution is 2.43. The van der Waals surface area contributed by atoms with Crippen molar-refractivity contribution in [2.75, 3.05) is 43.8 Å². The Kier molecular flexibility index (Phi) is 8.32. The number of hydrogen-bond acceptors (Lipinski definition) is 7. The molecule has 1 N–H and O–H groups in total. The van der Waals surface area contributed by atoms with Crippen LogP contribution in [-0.2, 0) is 9.53 Å². The second kappa shape index (κ2) is 11.2. The van der Waals surface area contributed by atoms with Crippen LogP contribution in [-0.4, -0.2) is 49.3 Å². The minimum atomic E-state index is -0.271. The molecule has 2 aromatic rings. The highest BCUT2D eigenvalue weighted by molar-refractivity contribution is 8.16. The maximum atomic E-state index is 12.2. The monoisotopic (exact) mass is 420 g/mol. The number of amides is 1. The molecule has 2 heterocycles. The summed E-state index contributed by atoms with van der Waals surface area (Å²) in [6.07, 6.45) is 2.89. The largest absolute Gasteiger partial charge is 0.484 e. The van der Waals surface area contributed by atoms with E-state index in [1.165, 1.54) is 23.5 Å². The number of nitrogens with one attached hydrogen (secondary N) is 1. The van der Waals surface area contributed by atoms with Crippen molar-refractivity contribution in [3.8, 4) is 11.6 Å². The molecule has 150 valence electrons. The predicted octanol–water partition coefficient (Wildman–Crippen LogP) is 3.99. The van der Waals surface area contributed by atoms with Gasteiger partial charge in [0.25, 0.3) is 5.91 Å². The van der Waals surface area contributed by atoms with E-state index in [1.54, 1.807) is 25.4 Å². The summed E-state index contributed by atoms with van der Waals surface area (Å²) in [5.74, 6) is 3.18. The minimum absolute atomic E-state index is 0.0846. The molecule has 0 spiro atoms. The van der Waals surface area contributed by atoms with Crippen LogP contribution in [0.3, 0.4) is 0 Å². The van der Waals surface area contributed by atoms with Crippen LogP contribution in [0, 0.1) is 0 Å². The molecule has 1 aliphatic heterocycles. The Hall–Kier alpha value is -1.90. The minimum Gasteiger partial charge on any atom is -0.484 e. The summed E-state index contributed by atoms with van der Waals surface area (Å²) < 4.78 is 16.6. The number of ether oxygens (including phenoxy) is 3. The number of carbonyl (C=O) groups is 1. The van der Waals surface area contributed by atoms with Crippen LogP contribution in [0.4, 0.5) is 5.69 Å². The number of rotatable bonds is 9. The number of thioether (sulfide) groups is 2. The number of carbonyl (C=O) groups excluding carboxylic acids is 1. The molecule has 6 nitrogen and oxygen atoms in total. The van der Waals surface area contributed by atoms with E-state index in [9.17, 15) is 4.79 Å². The predicted molar refractivity (Wildman–Crippen MR) is 114 cm³/mol. The number of pyridine rings is 1. The lowest BCUT2D eigenvalue weighted by Gasteiger charge is -2.21. The van der Waals surface area contributed by atoms with Gasteiger partial charge in [0.1, 0.15) is 18.0 Å². The Balaban J connectivity index is 1.49. The molecule has 0 aliphatic carbocycles. The van der Waals surface area contributed by atoms with E-state index in [0.717, 1.165) is 0 Å². The van der Waals surface area contributed by atoms with Crippen molar-refractivity contribution in [3.63, 3.8) is 0 Å². The first kappa shape index (κ1) is 20.8. The lowest BCUT2D eigenvalue weighted by molar-refractivity contribution is -0.118. The number of methoxy groups -OCH3 is 1. The third kappa shape index (κ3) is 6.32. The summed E-state index contributed by atoms with van der Waals surface area (Å²) in [4.78, 5) is 16.4. The van der Waals surface area contributed by atoms with Crippen molar-refractivity contribution >= 4 is 35.1 Å². The highest BCUT2D eigenvalue weighted by atomic mass is 32.2. The molecule has 0 bridgehead atoms. The maximum absolute atomic E-state index is 12.2. The first-order valence-corrected chi connectivity index (χ1v) is 11.2. The van der Waals surface area contributed by atoms with Gasteiger partial charge in [-0.05, 0) is 47.8 Å². The maximum Gasteiger partial charge on any atom is 0.262 e. The van der Waals surface area contributed by atoms with Gasteiger partial charge in [0.2, 0.25) is 5.88 Å². The second-order valence-electron chi connectivity index (χ2n) is 6.03. The van der Waals surface area contributed by atoms with Gasteiger partial charge in [-0.2, -0.15) is 0 Å². The molecular formula is C20H24N2O4S2. The molecule has 0 saturated carbocycles. The molecule has 28 heavy (non-hydrogen) atoms. The van der Waals surface area contributed by atoms with E-state index in [-0.39, 0.29) is 12.5 Å². The van der Waals surface area contributed by atoms with E-state index < -0.39 is 0 Å². The van der Waals surface area contributed by atoms with E-state index in [4.69, 9.17) is 14.2 Å². The normalized spacial score (nSPS) is 14.5. The van der Waals surface area contributed by atoms with Crippen molar-refractivity contribution in [2.24, 2.45) is 0 Å². The fraction of sp³-hybridized carbons (Fsp3) is 0.400. The zero-order chi connectivity index (χ0) is 19.6. The van der Waals surface area contributed by atoms with Gasteiger partial charge in [0, 0.05) is 13.3 Å². The standard InChI is InChI=1S/C20H24N2O4S2/c1-24-10-11-25-19-17(4-2-9-21-19)22-18(23)14-26-16-7-5-15(6-8-16)20-27-12-3-13-28-20/h2,4-9,20H,3,10-14H2,1H3,(H,22,23). The molecule has 1 aliphatic rings. The number of hydrogen-bond donors (Lipinski definition) is 1. The molecule has 0 unspecified atom stereocenters. The quantitative estimate of drug-likeness (QED) is 0.615. The summed E-state index contributed by atoms with van der Waals surface area (Å²) in [5.41, 5.74) is 1.80. The molecule has 1 aromatic heterocycles. The Bertz CT molecular complexity index is 752. The van der Waals surface area contributed by atoms with Gasteiger partial charge < -0.3 is 19.5 Å². The summed E-state index contributed by atoms with van der Waals surface area (Å²) in [6, 6.07) is 11.5. The van der Waals surface area contributed by atoms with Crippen LogP contribution in [0.5, 0.6) is 11.6 Å². The molecule has 1 saturated heterocycles. The number of aromatic nitrogens is 1. The van der Waals surface area contributed by atoms with Gasteiger partial charge >= 0.3 is 0 Å². The van der Waals surface area contributed by atoms with Gasteiger partial charge in [0.05, 0.1) is 11.2 Å². The van der Waals surface area contributed by atoms with Crippen LogP contribution in [0.1, 0.15) is 16.6 Å². The third-order valence-corrected chi connectivity index (χ3v) is 6.94. The van der Waals surface area contributed by atoms with Crippen LogP contribution < -0.4 is 14.8 Å². The SMILES string of the molecule is COCCOc1ncccc1NC(=O)COc1ccc(C2SCCCS2)cc1. The van der Waals surface area contributed by atoms with Crippen molar-refractivity contribution in [3.05, 3.63) is 48.2 Å². The number of benzene rings is 1. The van der Waals surface area contributed by atoms with Crippen molar-refractivity contribution in [1.82, 2.24) is 4.98 Å². The zero-order valence-corrected chi connectivity index (χ0v) is 17.4. The fourth-order valence-corrected chi connectivity index (χ4v) is 5.45. The lowest BCUT2D eigenvalue weighted by Crippen LogP contribution is -2.21. The van der Waals surface area contributed by atoms with Gasteiger partial charge in [-0.25, -0.2) is 4.98 Å². The van der Waals surface area contributed by atoms with Crippen LogP contribution in [0.2, 0.25) is 0 Å². The van der Waals surface area contributed by atoms with Crippen molar-refractivity contribution < 1.29 is 19.0 Å². The molecule has 0 radical (unpaired) electrons. The van der Waals surface area contributed by atoms with Crippen molar-refractivity contribution in [2.45, 2.75) is 11.0 Å². The molecule has 8 heteroatoms. The van der Waals surface area contributed by atoms with Crippen LogP contribution in [0.25, 0.3) is 0 Å². The Morgan fingerprint density at radius 3 is 2.68 bits per heavy atom. The van der Waals surface area contributed by atoms with Crippen LogP contribution >= 0.6 is 23.5 Å². The fourth-order valence-electron chi connectivity index (χ4n) is 2.56. The van der Waals surface area contributed by atoms with Gasteiger partial charge in [-0.3, -0.25) is 4.79 Å². The molecule has 1 aromatic carbocycles.